The fourth-order valence-corrected chi connectivity index (χ4v) is 4.15. The Labute approximate surface area is 168 Å². The van der Waals surface area contributed by atoms with E-state index in [1.165, 1.54) is 27.7 Å². The second kappa shape index (κ2) is 6.81. The molecule has 1 aliphatic heterocycles. The first-order valence-electron chi connectivity index (χ1n) is 9.73. The van der Waals surface area contributed by atoms with Gasteiger partial charge in [-0.15, -0.1) is 0 Å². The Hall–Kier alpha value is -3.54. The minimum Gasteiger partial charge on any atom is -0.496 e. The summed E-state index contributed by atoms with van der Waals surface area (Å²) in [4.78, 5) is 18.6. The number of hydrogen-bond acceptors (Lipinski definition) is 3. The summed E-state index contributed by atoms with van der Waals surface area (Å²) in [5.74, 6) is 0.695. The number of carbonyl (C=O) groups is 1. The Morgan fingerprint density at radius 2 is 2.03 bits per heavy atom. The molecule has 2 aromatic carbocycles. The third-order valence-electron chi connectivity index (χ3n) is 5.70. The van der Waals surface area contributed by atoms with Crippen LogP contribution in [-0.2, 0) is 13.0 Å². The Morgan fingerprint density at radius 3 is 2.90 bits per heavy atom. The molecular weight excluding hydrogens is 364 g/mol. The van der Waals surface area contributed by atoms with Crippen molar-refractivity contribution in [2.24, 2.45) is 0 Å². The number of rotatable bonds is 3. The molecule has 3 heterocycles. The van der Waals surface area contributed by atoms with Gasteiger partial charge in [0.05, 0.1) is 12.8 Å². The largest absolute Gasteiger partial charge is 0.496 e. The van der Waals surface area contributed by atoms with Crippen molar-refractivity contribution in [3.05, 3.63) is 71.0 Å². The Balaban J connectivity index is 1.43. The molecule has 0 aliphatic carbocycles. The predicted octanol–water partition coefficient (Wildman–Crippen LogP) is 4.07. The highest BCUT2D eigenvalue weighted by molar-refractivity contribution is 5.95. The summed E-state index contributed by atoms with van der Waals surface area (Å²) < 4.78 is 5.41. The molecule has 6 nitrogen and oxygen atoms in total. The van der Waals surface area contributed by atoms with Crippen molar-refractivity contribution in [3.63, 3.8) is 0 Å². The second-order valence-corrected chi connectivity index (χ2v) is 7.42. The average molecular weight is 386 g/mol. The molecule has 0 unspecified atom stereocenters. The van der Waals surface area contributed by atoms with Gasteiger partial charge in [0, 0.05) is 47.2 Å². The summed E-state index contributed by atoms with van der Waals surface area (Å²) >= 11 is 0. The quantitative estimate of drug-likeness (QED) is 0.557. The van der Waals surface area contributed by atoms with E-state index >= 15 is 0 Å². The molecule has 146 valence electrons. The zero-order valence-corrected chi connectivity index (χ0v) is 16.5. The Kier molecular flexibility index (Phi) is 4.12. The lowest BCUT2D eigenvalue weighted by molar-refractivity contribution is 0.0729. The van der Waals surface area contributed by atoms with Gasteiger partial charge in [0.2, 0.25) is 0 Å². The molecule has 6 heteroatoms. The first kappa shape index (κ1) is 17.6. The van der Waals surface area contributed by atoms with Crippen molar-refractivity contribution in [3.8, 4) is 17.0 Å². The number of ether oxygens (including phenoxy) is 1. The molecule has 2 N–H and O–H groups in total. The number of aromatic amines is 2. The summed E-state index contributed by atoms with van der Waals surface area (Å²) in [5, 5.41) is 8.47. The number of aromatic nitrogens is 3. The van der Waals surface area contributed by atoms with E-state index in [4.69, 9.17) is 4.74 Å². The minimum atomic E-state index is -0.0358. The van der Waals surface area contributed by atoms with Crippen LogP contribution in [0, 0.1) is 6.92 Å². The summed E-state index contributed by atoms with van der Waals surface area (Å²) in [6.45, 7) is 3.39. The second-order valence-electron chi connectivity index (χ2n) is 7.42. The fourth-order valence-electron chi connectivity index (χ4n) is 4.15. The Bertz CT molecular complexity index is 1220. The summed E-state index contributed by atoms with van der Waals surface area (Å²) in [6, 6.07) is 15.8. The molecule has 4 aromatic rings. The lowest BCUT2D eigenvalue weighted by atomic mass is 10.0. The predicted molar refractivity (Wildman–Crippen MR) is 112 cm³/mol. The number of para-hydroxylation sites is 2. The van der Waals surface area contributed by atoms with Crippen LogP contribution in [-0.4, -0.2) is 39.6 Å². The van der Waals surface area contributed by atoms with E-state index in [1.54, 1.807) is 13.2 Å². The van der Waals surface area contributed by atoms with Crippen LogP contribution in [0.1, 0.15) is 27.3 Å². The summed E-state index contributed by atoms with van der Waals surface area (Å²) in [7, 11) is 1.63. The lowest BCUT2D eigenvalue weighted by Gasteiger charge is -2.26. The molecule has 0 saturated heterocycles. The first-order chi connectivity index (χ1) is 14.2. The highest BCUT2D eigenvalue weighted by Gasteiger charge is 2.26. The topological polar surface area (TPSA) is 74.0 Å². The molecule has 0 spiro atoms. The molecular formula is C23H22N4O2. The Morgan fingerprint density at radius 1 is 1.17 bits per heavy atom. The van der Waals surface area contributed by atoms with E-state index in [9.17, 15) is 4.79 Å². The van der Waals surface area contributed by atoms with Gasteiger partial charge in [-0.1, -0.05) is 30.3 Å². The number of carbonyl (C=O) groups excluding carboxylic acids is 1. The van der Waals surface area contributed by atoms with Crippen LogP contribution in [0.2, 0.25) is 0 Å². The highest BCUT2D eigenvalue weighted by Crippen LogP contribution is 2.31. The van der Waals surface area contributed by atoms with Gasteiger partial charge in [-0.05, 0) is 30.7 Å². The van der Waals surface area contributed by atoms with E-state index in [-0.39, 0.29) is 5.91 Å². The summed E-state index contributed by atoms with van der Waals surface area (Å²) in [5.41, 5.74) is 6.90. The van der Waals surface area contributed by atoms with Crippen molar-refractivity contribution in [2.75, 3.05) is 13.7 Å². The molecule has 0 atom stereocenters. The standard InChI is InChI=1S/C23H22N4O2/c1-14-6-5-8-15-17-13-27(11-10-18(17)24-22(14)15)23(28)20-12-19(25-26-20)16-7-3-4-9-21(16)29-2/h3-9,12,24H,10-11,13H2,1-2H3,(H,25,26). The van der Waals surface area contributed by atoms with Gasteiger partial charge in [-0.3, -0.25) is 9.89 Å². The molecule has 0 saturated carbocycles. The molecule has 0 fully saturated rings. The van der Waals surface area contributed by atoms with Gasteiger partial charge >= 0.3 is 0 Å². The van der Waals surface area contributed by atoms with Gasteiger partial charge in [0.15, 0.2) is 0 Å². The number of amides is 1. The van der Waals surface area contributed by atoms with Crippen molar-refractivity contribution in [2.45, 2.75) is 19.9 Å². The van der Waals surface area contributed by atoms with Crippen molar-refractivity contribution >= 4 is 16.8 Å². The van der Waals surface area contributed by atoms with Crippen LogP contribution >= 0.6 is 0 Å². The third kappa shape index (κ3) is 2.88. The number of hydrogen-bond donors (Lipinski definition) is 2. The fraction of sp³-hybridized carbons (Fsp3) is 0.217. The van der Waals surface area contributed by atoms with Crippen molar-refractivity contribution in [1.29, 1.82) is 0 Å². The van der Waals surface area contributed by atoms with Crippen molar-refractivity contribution < 1.29 is 9.53 Å². The number of nitrogens with zero attached hydrogens (tertiary/aromatic N) is 2. The molecule has 5 rings (SSSR count). The van der Waals surface area contributed by atoms with Gasteiger partial charge in [0.25, 0.3) is 5.91 Å². The summed E-state index contributed by atoms with van der Waals surface area (Å²) in [6.07, 6.45) is 0.822. The molecule has 0 bridgehead atoms. The van der Waals surface area contributed by atoms with E-state index in [0.29, 0.717) is 24.5 Å². The number of methoxy groups -OCH3 is 1. The maximum absolute atomic E-state index is 13.1. The van der Waals surface area contributed by atoms with Gasteiger partial charge in [-0.2, -0.15) is 5.10 Å². The molecule has 1 aliphatic rings. The lowest BCUT2D eigenvalue weighted by Crippen LogP contribution is -2.36. The van der Waals surface area contributed by atoms with Crippen LogP contribution in [0.5, 0.6) is 5.75 Å². The zero-order valence-electron chi connectivity index (χ0n) is 16.5. The maximum Gasteiger partial charge on any atom is 0.272 e. The van der Waals surface area contributed by atoms with Gasteiger partial charge in [0.1, 0.15) is 11.4 Å². The van der Waals surface area contributed by atoms with Crippen molar-refractivity contribution in [1.82, 2.24) is 20.1 Å². The van der Waals surface area contributed by atoms with Crippen LogP contribution in [0.15, 0.2) is 48.5 Å². The molecule has 0 radical (unpaired) electrons. The van der Waals surface area contributed by atoms with E-state index in [0.717, 1.165) is 17.7 Å². The van der Waals surface area contributed by atoms with Crippen LogP contribution < -0.4 is 4.74 Å². The minimum absolute atomic E-state index is 0.0358. The number of nitrogens with one attached hydrogen (secondary N) is 2. The SMILES string of the molecule is COc1ccccc1-c1cc(C(=O)N2CCc3[nH]c4c(C)cccc4c3C2)[nH]n1. The van der Waals surface area contributed by atoms with Crippen LogP contribution in [0.4, 0.5) is 0 Å². The highest BCUT2D eigenvalue weighted by atomic mass is 16.5. The maximum atomic E-state index is 13.1. The number of H-pyrrole nitrogens is 2. The van der Waals surface area contributed by atoms with Crippen LogP contribution in [0.25, 0.3) is 22.2 Å². The third-order valence-corrected chi connectivity index (χ3v) is 5.70. The van der Waals surface area contributed by atoms with Gasteiger partial charge < -0.3 is 14.6 Å². The monoisotopic (exact) mass is 386 g/mol. The zero-order chi connectivity index (χ0) is 20.0. The van der Waals surface area contributed by atoms with Crippen LogP contribution in [0.3, 0.4) is 0 Å². The smallest absolute Gasteiger partial charge is 0.272 e. The number of aryl methyl sites for hydroxylation is 1. The molecule has 2 aromatic heterocycles. The number of fused-ring (bicyclic) bond motifs is 3. The molecule has 1 amide bonds. The molecule has 29 heavy (non-hydrogen) atoms. The number of benzene rings is 2. The van der Waals surface area contributed by atoms with E-state index in [1.807, 2.05) is 29.2 Å². The van der Waals surface area contributed by atoms with Gasteiger partial charge in [-0.25, -0.2) is 0 Å². The first-order valence-corrected chi connectivity index (χ1v) is 9.73. The van der Waals surface area contributed by atoms with E-state index < -0.39 is 0 Å². The van der Waals surface area contributed by atoms with E-state index in [2.05, 4.69) is 40.3 Å². The average Bonchev–Trinajstić information content (AvgIpc) is 3.39. The normalized spacial score (nSPS) is 13.5.